The molecule has 40 heavy (non-hydrogen) atoms. The molecule has 0 spiro atoms. The zero-order valence-corrected chi connectivity index (χ0v) is 23.9. The van der Waals surface area contributed by atoms with E-state index in [0.717, 1.165) is 24.8 Å². The molecule has 5 rings (SSSR count). The fourth-order valence-corrected chi connectivity index (χ4v) is 6.33. The van der Waals surface area contributed by atoms with Gasteiger partial charge in [-0.15, -0.1) is 0 Å². The molecule has 4 aromatic rings. The minimum absolute atomic E-state index is 0.188. The third-order valence-corrected chi connectivity index (χ3v) is 8.41. The number of fused-ring (bicyclic) bond motifs is 1. The second-order valence-corrected chi connectivity index (χ2v) is 10.8. The zero-order valence-electron chi connectivity index (χ0n) is 23.9. The summed E-state index contributed by atoms with van der Waals surface area (Å²) >= 11 is 0. The van der Waals surface area contributed by atoms with E-state index >= 15 is 0 Å². The Labute approximate surface area is 240 Å². The summed E-state index contributed by atoms with van der Waals surface area (Å²) in [6.07, 6.45) is 14.7. The van der Waals surface area contributed by atoms with E-state index in [1.807, 2.05) is 0 Å². The molecule has 1 aliphatic rings. The van der Waals surface area contributed by atoms with E-state index in [1.54, 1.807) is 0 Å². The van der Waals surface area contributed by atoms with Gasteiger partial charge in [-0.3, -0.25) is 0 Å². The average molecular weight is 524 g/mol. The zero-order chi connectivity index (χ0) is 27.8. The summed E-state index contributed by atoms with van der Waals surface area (Å²) in [5.41, 5.74) is 17.6. The molecule has 0 heterocycles. The third-order valence-electron chi connectivity index (χ3n) is 8.41. The molecule has 0 saturated heterocycles. The number of unbranched alkanes of at least 4 members (excludes halogenated alkanes) is 1. The highest BCUT2D eigenvalue weighted by molar-refractivity contribution is 5.75. The van der Waals surface area contributed by atoms with Crippen LogP contribution < -0.4 is 5.73 Å². The van der Waals surface area contributed by atoms with Crippen molar-refractivity contribution in [3.05, 3.63) is 161 Å². The number of benzene rings is 4. The predicted molar refractivity (Wildman–Crippen MR) is 172 cm³/mol. The number of rotatable bonds is 8. The van der Waals surface area contributed by atoms with Crippen molar-refractivity contribution in [2.45, 2.75) is 57.9 Å². The molecule has 0 bridgehead atoms. The van der Waals surface area contributed by atoms with Crippen LogP contribution >= 0.6 is 0 Å². The van der Waals surface area contributed by atoms with Gasteiger partial charge in [-0.05, 0) is 89.3 Å². The molecule has 1 heteroatoms. The molecule has 0 fully saturated rings. The lowest BCUT2D eigenvalue weighted by Gasteiger charge is -2.39. The van der Waals surface area contributed by atoms with E-state index in [2.05, 4.69) is 141 Å². The van der Waals surface area contributed by atoms with Crippen molar-refractivity contribution in [3.8, 4) is 11.1 Å². The fourth-order valence-electron chi connectivity index (χ4n) is 6.33. The summed E-state index contributed by atoms with van der Waals surface area (Å²) in [6.45, 7) is 5.06. The van der Waals surface area contributed by atoms with Gasteiger partial charge in [-0.1, -0.05) is 134 Å². The highest BCUT2D eigenvalue weighted by Gasteiger charge is 2.38. The summed E-state index contributed by atoms with van der Waals surface area (Å²) < 4.78 is 0. The molecule has 1 atom stereocenters. The summed E-state index contributed by atoms with van der Waals surface area (Å²) in [7, 11) is 0. The molecule has 1 aliphatic carbocycles. The van der Waals surface area contributed by atoms with Gasteiger partial charge in [-0.25, -0.2) is 0 Å². The van der Waals surface area contributed by atoms with Crippen molar-refractivity contribution >= 4 is 5.57 Å². The van der Waals surface area contributed by atoms with Gasteiger partial charge in [0.15, 0.2) is 0 Å². The second kappa shape index (κ2) is 12.9. The Bertz CT molecular complexity index is 1520. The highest BCUT2D eigenvalue weighted by Crippen LogP contribution is 2.47. The Morgan fingerprint density at radius 3 is 2.33 bits per heavy atom. The van der Waals surface area contributed by atoms with E-state index in [1.165, 1.54) is 57.4 Å². The molecule has 0 amide bonds. The minimum atomic E-state index is -0.188. The van der Waals surface area contributed by atoms with Crippen molar-refractivity contribution in [3.63, 3.8) is 0 Å². The maximum atomic E-state index is 5.94. The Kier molecular flexibility index (Phi) is 8.94. The smallest absolute Gasteiger partial charge is 0.0448 e. The van der Waals surface area contributed by atoms with Crippen LogP contribution in [-0.2, 0) is 18.4 Å². The van der Waals surface area contributed by atoms with Gasteiger partial charge in [0.05, 0.1) is 0 Å². The predicted octanol–water partition coefficient (Wildman–Crippen LogP) is 9.82. The Balaban J connectivity index is 1.62. The SMILES string of the molecule is C/C=C(\CCCC)C1(c2ccccc2)C/C=C\C=C(\c2cccc(-c3cccc(CN)c3)c2)Cc2ccccc21. The Morgan fingerprint density at radius 2 is 1.55 bits per heavy atom. The van der Waals surface area contributed by atoms with Crippen molar-refractivity contribution in [2.75, 3.05) is 0 Å². The van der Waals surface area contributed by atoms with Crippen LogP contribution in [0.15, 0.2) is 133 Å². The van der Waals surface area contributed by atoms with Gasteiger partial charge in [0.2, 0.25) is 0 Å². The number of hydrogen-bond acceptors (Lipinski definition) is 1. The van der Waals surface area contributed by atoms with Crippen molar-refractivity contribution < 1.29 is 0 Å². The van der Waals surface area contributed by atoms with Crippen LogP contribution in [0.1, 0.15) is 67.3 Å². The van der Waals surface area contributed by atoms with Gasteiger partial charge in [0.1, 0.15) is 0 Å². The van der Waals surface area contributed by atoms with E-state index in [9.17, 15) is 0 Å². The minimum Gasteiger partial charge on any atom is -0.326 e. The van der Waals surface area contributed by atoms with Crippen molar-refractivity contribution in [1.82, 2.24) is 0 Å². The maximum Gasteiger partial charge on any atom is 0.0448 e. The maximum absolute atomic E-state index is 5.94. The number of hydrogen-bond donors (Lipinski definition) is 1. The molecule has 0 radical (unpaired) electrons. The van der Waals surface area contributed by atoms with Crippen LogP contribution in [0.5, 0.6) is 0 Å². The molecule has 0 aliphatic heterocycles. The Morgan fingerprint density at radius 1 is 0.825 bits per heavy atom. The van der Waals surface area contributed by atoms with Crippen molar-refractivity contribution in [2.24, 2.45) is 5.73 Å². The Hall–Kier alpha value is -3.94. The lowest BCUT2D eigenvalue weighted by atomic mass is 9.64. The van der Waals surface area contributed by atoms with Gasteiger partial charge in [-0.2, -0.15) is 0 Å². The summed E-state index contributed by atoms with van der Waals surface area (Å²) in [5, 5.41) is 0. The van der Waals surface area contributed by atoms with Gasteiger partial charge in [0.25, 0.3) is 0 Å². The van der Waals surface area contributed by atoms with Crippen molar-refractivity contribution in [1.29, 1.82) is 0 Å². The van der Waals surface area contributed by atoms with Crippen LogP contribution in [0, 0.1) is 0 Å². The standard InChI is InChI=1S/C39H41N/c1-3-5-21-36(4-2)39(37-22-7-6-8-23-37)25-12-11-16-32(28-35-17-9-10-24-38(35)39)34-20-14-19-33(27-34)31-18-13-15-30(26-31)29-40/h4,6-20,22-24,26-27H,3,5,21,25,28-29,40H2,1-2H3/b12-11-,32-16+,36-4+. The van der Waals surface area contributed by atoms with Crippen LogP contribution in [0.2, 0.25) is 0 Å². The first-order chi connectivity index (χ1) is 19.7. The van der Waals surface area contributed by atoms with E-state index in [-0.39, 0.29) is 5.41 Å². The van der Waals surface area contributed by atoms with Crippen LogP contribution in [-0.4, -0.2) is 0 Å². The van der Waals surface area contributed by atoms with Crippen LogP contribution in [0.25, 0.3) is 16.7 Å². The molecule has 4 aromatic carbocycles. The first-order valence-corrected chi connectivity index (χ1v) is 14.7. The molecular formula is C39H41N. The largest absolute Gasteiger partial charge is 0.326 e. The number of allylic oxidation sites excluding steroid dienone is 6. The third kappa shape index (κ3) is 5.67. The van der Waals surface area contributed by atoms with Crippen LogP contribution in [0.3, 0.4) is 0 Å². The molecule has 2 N–H and O–H groups in total. The number of nitrogens with two attached hydrogens (primary N) is 1. The lowest BCUT2D eigenvalue weighted by molar-refractivity contribution is 0.565. The van der Waals surface area contributed by atoms with E-state index in [4.69, 9.17) is 5.73 Å². The van der Waals surface area contributed by atoms with Gasteiger partial charge < -0.3 is 5.73 Å². The summed E-state index contributed by atoms with van der Waals surface area (Å²) in [6, 6.07) is 37.8. The highest BCUT2D eigenvalue weighted by atomic mass is 14.5. The molecule has 1 unspecified atom stereocenters. The van der Waals surface area contributed by atoms with Gasteiger partial charge in [0, 0.05) is 12.0 Å². The van der Waals surface area contributed by atoms with Crippen LogP contribution in [0.4, 0.5) is 0 Å². The second-order valence-electron chi connectivity index (χ2n) is 10.8. The first-order valence-electron chi connectivity index (χ1n) is 14.7. The quantitative estimate of drug-likeness (QED) is 0.229. The van der Waals surface area contributed by atoms with E-state index in [0.29, 0.717) is 6.54 Å². The molecule has 0 aromatic heterocycles. The molecule has 202 valence electrons. The first kappa shape index (κ1) is 27.6. The topological polar surface area (TPSA) is 26.0 Å². The summed E-state index contributed by atoms with van der Waals surface area (Å²) in [4.78, 5) is 0. The molecular weight excluding hydrogens is 482 g/mol. The normalized spacial score (nSPS) is 19.5. The fraction of sp³-hybridized carbons (Fsp3) is 0.231. The van der Waals surface area contributed by atoms with E-state index < -0.39 is 0 Å². The molecule has 0 saturated carbocycles. The monoisotopic (exact) mass is 523 g/mol. The average Bonchev–Trinajstić information content (AvgIpc) is 3.10. The van der Waals surface area contributed by atoms with Gasteiger partial charge >= 0.3 is 0 Å². The summed E-state index contributed by atoms with van der Waals surface area (Å²) in [5.74, 6) is 0. The molecule has 1 nitrogen and oxygen atoms in total. The lowest BCUT2D eigenvalue weighted by Crippen LogP contribution is -2.31.